The number of rotatable bonds is 6. The second kappa shape index (κ2) is 7.35. The first-order valence-electron chi connectivity index (χ1n) is 5.14. The maximum atomic E-state index is 11.7. The highest BCUT2D eigenvalue weighted by atomic mass is 32.2. The van der Waals surface area contributed by atoms with Crippen molar-refractivity contribution in [2.45, 2.75) is 0 Å². The maximum absolute atomic E-state index is 11.7. The van der Waals surface area contributed by atoms with Crippen molar-refractivity contribution in [3.05, 3.63) is 29.6 Å². The van der Waals surface area contributed by atoms with Crippen LogP contribution < -0.4 is 5.32 Å². The van der Waals surface area contributed by atoms with Crippen LogP contribution >= 0.6 is 11.8 Å². The molecule has 0 unspecified atom stereocenters. The first-order valence-corrected chi connectivity index (χ1v) is 6.29. The van der Waals surface area contributed by atoms with Crippen LogP contribution in [-0.2, 0) is 0 Å². The summed E-state index contributed by atoms with van der Waals surface area (Å²) in [5.41, 5.74) is 0.133. The molecule has 1 rings (SSSR count). The molecule has 5 nitrogen and oxygen atoms in total. The van der Waals surface area contributed by atoms with Crippen LogP contribution in [-0.4, -0.2) is 40.0 Å². The van der Waals surface area contributed by atoms with Crippen LogP contribution in [0, 0.1) is 12.3 Å². The van der Waals surface area contributed by atoms with E-state index in [1.807, 2.05) is 0 Å². The molecule has 0 aliphatic rings. The number of carboxylic acid groups (broad SMARTS) is 1. The number of carboxylic acids is 1. The Morgan fingerprint density at radius 1 is 1.56 bits per heavy atom. The Labute approximate surface area is 109 Å². The van der Waals surface area contributed by atoms with Gasteiger partial charge in [-0.3, -0.25) is 4.79 Å². The third-order valence-electron chi connectivity index (χ3n) is 1.96. The summed E-state index contributed by atoms with van der Waals surface area (Å²) in [6.07, 6.45) is 6.38. The highest BCUT2D eigenvalue weighted by Gasteiger charge is 2.09. The van der Waals surface area contributed by atoms with Gasteiger partial charge in [-0.2, -0.15) is 0 Å². The van der Waals surface area contributed by atoms with E-state index in [0.29, 0.717) is 18.1 Å². The first kappa shape index (κ1) is 14.1. The van der Waals surface area contributed by atoms with Crippen molar-refractivity contribution in [3.8, 4) is 12.3 Å². The fourth-order valence-electron chi connectivity index (χ4n) is 1.16. The number of aromatic nitrogens is 1. The molecule has 1 heterocycles. The number of carbonyl (C=O) groups is 2. The van der Waals surface area contributed by atoms with Gasteiger partial charge in [-0.15, -0.1) is 18.2 Å². The lowest BCUT2D eigenvalue weighted by Crippen LogP contribution is -2.26. The van der Waals surface area contributed by atoms with Crippen LogP contribution in [0.3, 0.4) is 0 Å². The standard InChI is InChI=1S/C12H12N2O3S/c1-2-6-18-7-5-14-11(15)9-3-4-13-10(8-9)12(16)17/h1,3-4,8H,5-7H2,(H,14,15)(H,16,17). The van der Waals surface area contributed by atoms with Crippen LogP contribution in [0.5, 0.6) is 0 Å². The maximum Gasteiger partial charge on any atom is 0.354 e. The first-order chi connectivity index (χ1) is 8.65. The Balaban J connectivity index is 2.49. The predicted octanol–water partition coefficient (Wildman–Crippen LogP) is 0.876. The van der Waals surface area contributed by atoms with Crippen molar-refractivity contribution in [1.82, 2.24) is 10.3 Å². The van der Waals surface area contributed by atoms with Gasteiger partial charge in [0.1, 0.15) is 5.69 Å². The summed E-state index contributed by atoms with van der Waals surface area (Å²) >= 11 is 1.54. The summed E-state index contributed by atoms with van der Waals surface area (Å²) < 4.78 is 0. The van der Waals surface area contributed by atoms with Gasteiger partial charge in [0.15, 0.2) is 0 Å². The lowest BCUT2D eigenvalue weighted by molar-refractivity contribution is 0.0690. The van der Waals surface area contributed by atoms with E-state index >= 15 is 0 Å². The minimum atomic E-state index is -1.16. The van der Waals surface area contributed by atoms with Gasteiger partial charge in [-0.05, 0) is 12.1 Å². The number of nitrogens with zero attached hydrogens (tertiary/aromatic N) is 1. The van der Waals surface area contributed by atoms with Gasteiger partial charge in [0.2, 0.25) is 0 Å². The second-order valence-electron chi connectivity index (χ2n) is 3.25. The van der Waals surface area contributed by atoms with E-state index < -0.39 is 5.97 Å². The minimum Gasteiger partial charge on any atom is -0.477 e. The number of hydrogen-bond donors (Lipinski definition) is 2. The fourth-order valence-corrected chi connectivity index (χ4v) is 1.67. The molecule has 0 aliphatic carbocycles. The van der Waals surface area contributed by atoms with Gasteiger partial charge in [-0.25, -0.2) is 9.78 Å². The number of hydrogen-bond acceptors (Lipinski definition) is 4. The van der Waals surface area contributed by atoms with E-state index in [0.717, 1.165) is 0 Å². The molecule has 1 aromatic rings. The molecular weight excluding hydrogens is 252 g/mol. The molecule has 0 bridgehead atoms. The van der Waals surface area contributed by atoms with Crippen LogP contribution in [0.4, 0.5) is 0 Å². The highest BCUT2D eigenvalue weighted by molar-refractivity contribution is 7.99. The van der Waals surface area contributed by atoms with Gasteiger partial charge in [0.05, 0.1) is 5.75 Å². The van der Waals surface area contributed by atoms with Crippen molar-refractivity contribution < 1.29 is 14.7 Å². The van der Waals surface area contributed by atoms with Gasteiger partial charge in [-0.1, -0.05) is 5.92 Å². The van der Waals surface area contributed by atoms with Crippen molar-refractivity contribution in [3.63, 3.8) is 0 Å². The molecule has 0 spiro atoms. The summed E-state index contributed by atoms with van der Waals surface area (Å²) in [5, 5.41) is 11.4. The largest absolute Gasteiger partial charge is 0.477 e. The number of carbonyl (C=O) groups excluding carboxylic acids is 1. The van der Waals surface area contributed by atoms with E-state index in [4.69, 9.17) is 11.5 Å². The van der Waals surface area contributed by atoms with Crippen LogP contribution in [0.15, 0.2) is 18.3 Å². The minimum absolute atomic E-state index is 0.149. The predicted molar refractivity (Wildman–Crippen MR) is 69.7 cm³/mol. The molecule has 0 fully saturated rings. The molecule has 2 N–H and O–H groups in total. The van der Waals surface area contributed by atoms with E-state index in [2.05, 4.69) is 16.2 Å². The smallest absolute Gasteiger partial charge is 0.354 e. The van der Waals surface area contributed by atoms with Crippen LogP contribution in [0.2, 0.25) is 0 Å². The number of amides is 1. The summed E-state index contributed by atoms with van der Waals surface area (Å²) in [4.78, 5) is 26.0. The molecule has 0 saturated heterocycles. The average Bonchev–Trinajstić information content (AvgIpc) is 2.38. The van der Waals surface area contributed by atoms with Crippen molar-refractivity contribution in [1.29, 1.82) is 0 Å². The zero-order valence-electron chi connectivity index (χ0n) is 9.55. The van der Waals surface area contributed by atoms with E-state index in [1.165, 1.54) is 18.3 Å². The zero-order valence-corrected chi connectivity index (χ0v) is 10.4. The van der Waals surface area contributed by atoms with Gasteiger partial charge in [0, 0.05) is 24.1 Å². The molecule has 1 aromatic heterocycles. The number of pyridine rings is 1. The van der Waals surface area contributed by atoms with Crippen molar-refractivity contribution in [2.24, 2.45) is 0 Å². The molecule has 0 aliphatic heterocycles. The summed E-state index contributed by atoms with van der Waals surface area (Å²) in [6.45, 7) is 0.482. The Bertz CT molecular complexity index is 482. The molecule has 94 valence electrons. The molecule has 0 radical (unpaired) electrons. The van der Waals surface area contributed by atoms with Crippen molar-refractivity contribution >= 4 is 23.6 Å². The Hall–Kier alpha value is -2.00. The number of nitrogens with one attached hydrogen (secondary N) is 1. The average molecular weight is 264 g/mol. The van der Waals surface area contributed by atoms with Crippen LogP contribution in [0.25, 0.3) is 0 Å². The molecule has 0 atom stereocenters. The summed E-state index contributed by atoms with van der Waals surface area (Å²) in [5.74, 6) is 2.33. The van der Waals surface area contributed by atoms with Crippen molar-refractivity contribution in [2.75, 3.05) is 18.1 Å². The quantitative estimate of drug-likeness (QED) is 0.589. The van der Waals surface area contributed by atoms with Crippen LogP contribution in [0.1, 0.15) is 20.8 Å². The second-order valence-corrected chi connectivity index (χ2v) is 4.35. The van der Waals surface area contributed by atoms with E-state index in [9.17, 15) is 9.59 Å². The van der Waals surface area contributed by atoms with Gasteiger partial charge < -0.3 is 10.4 Å². The SMILES string of the molecule is C#CCSCCNC(=O)c1ccnc(C(=O)O)c1. The number of thioether (sulfide) groups is 1. The third kappa shape index (κ3) is 4.47. The highest BCUT2D eigenvalue weighted by Crippen LogP contribution is 2.02. The third-order valence-corrected chi connectivity index (χ3v) is 2.82. The zero-order chi connectivity index (χ0) is 13.4. The molecule has 18 heavy (non-hydrogen) atoms. The Morgan fingerprint density at radius 2 is 2.33 bits per heavy atom. The normalized spacial score (nSPS) is 9.50. The monoisotopic (exact) mass is 264 g/mol. The van der Waals surface area contributed by atoms with E-state index in [-0.39, 0.29) is 17.2 Å². The molecular formula is C12H12N2O3S. The lowest BCUT2D eigenvalue weighted by Gasteiger charge is -2.04. The topological polar surface area (TPSA) is 79.3 Å². The Kier molecular flexibility index (Phi) is 5.74. The summed E-state index contributed by atoms with van der Waals surface area (Å²) in [7, 11) is 0. The number of terminal acetylenes is 1. The van der Waals surface area contributed by atoms with E-state index in [1.54, 1.807) is 11.8 Å². The number of aromatic carboxylic acids is 1. The Morgan fingerprint density at radius 3 is 3.00 bits per heavy atom. The lowest BCUT2D eigenvalue weighted by atomic mass is 10.2. The summed E-state index contributed by atoms with van der Waals surface area (Å²) in [6, 6.07) is 2.71. The molecule has 1 amide bonds. The molecule has 0 aromatic carbocycles. The fraction of sp³-hybridized carbons (Fsp3) is 0.250. The molecule has 0 saturated carbocycles. The molecule has 6 heteroatoms. The van der Waals surface area contributed by atoms with Gasteiger partial charge >= 0.3 is 5.97 Å². The van der Waals surface area contributed by atoms with Gasteiger partial charge in [0.25, 0.3) is 5.91 Å².